The maximum Gasteiger partial charge on any atom is 0.410 e. The first-order chi connectivity index (χ1) is 18.4. The summed E-state index contributed by atoms with van der Waals surface area (Å²) in [5.41, 5.74) is 3.98. The molecule has 2 N–H and O–H groups in total. The highest BCUT2D eigenvalue weighted by atomic mass is 35.5. The molecule has 1 amide bonds. The molecule has 1 aliphatic carbocycles. The predicted octanol–water partition coefficient (Wildman–Crippen LogP) is 6.54. The standard InChI is InChI=1S/C31H34ClNO6/c1-31(2,3)39-30(37)33(18-27(34)20-7-11-24(32)12-8-20)25-13-9-19-5-6-21(15-23(19)16-25)22-10-14-28(38-4)26(17-22)29(35)36/h5-8,10-12,14-15,17,25,27,34H,9,13,16,18H2,1-4H3,(H,35,36)/t25-,27+/m0/s1. The van der Waals surface area contributed by atoms with Crippen molar-refractivity contribution in [2.24, 2.45) is 0 Å². The molecule has 3 aromatic rings. The van der Waals surface area contributed by atoms with Gasteiger partial charge in [-0.1, -0.05) is 48.0 Å². The first kappa shape index (κ1) is 28.5. The Labute approximate surface area is 233 Å². The number of halogens is 1. The number of aliphatic hydroxyl groups excluding tert-OH is 1. The van der Waals surface area contributed by atoms with E-state index in [0.717, 1.165) is 29.5 Å². The topological polar surface area (TPSA) is 96.3 Å². The molecule has 4 rings (SSSR count). The van der Waals surface area contributed by atoms with Gasteiger partial charge in [0.1, 0.15) is 16.9 Å². The van der Waals surface area contributed by atoms with E-state index in [9.17, 15) is 19.8 Å². The zero-order valence-corrected chi connectivity index (χ0v) is 23.4. The maximum absolute atomic E-state index is 13.3. The van der Waals surface area contributed by atoms with Crippen LogP contribution < -0.4 is 4.74 Å². The lowest BCUT2D eigenvalue weighted by molar-refractivity contribution is 0.00194. The summed E-state index contributed by atoms with van der Waals surface area (Å²) >= 11 is 6.01. The summed E-state index contributed by atoms with van der Waals surface area (Å²) in [4.78, 5) is 26.7. The lowest BCUT2D eigenvalue weighted by Crippen LogP contribution is -2.47. The van der Waals surface area contributed by atoms with Gasteiger partial charge in [-0.3, -0.25) is 0 Å². The van der Waals surface area contributed by atoms with Gasteiger partial charge in [0.2, 0.25) is 0 Å². The first-order valence-corrected chi connectivity index (χ1v) is 13.3. The van der Waals surface area contributed by atoms with Gasteiger partial charge in [-0.2, -0.15) is 0 Å². The third-order valence-corrected chi connectivity index (χ3v) is 7.12. The van der Waals surface area contributed by atoms with Gasteiger partial charge in [-0.25, -0.2) is 9.59 Å². The molecule has 7 nitrogen and oxygen atoms in total. The zero-order chi connectivity index (χ0) is 28.3. The van der Waals surface area contributed by atoms with Crippen molar-refractivity contribution in [3.63, 3.8) is 0 Å². The molecule has 0 aliphatic heterocycles. The van der Waals surface area contributed by atoms with Crippen LogP contribution in [0.2, 0.25) is 5.02 Å². The number of ether oxygens (including phenoxy) is 2. The minimum Gasteiger partial charge on any atom is -0.496 e. The number of carbonyl (C=O) groups excluding carboxylic acids is 1. The van der Waals surface area contributed by atoms with Crippen molar-refractivity contribution in [2.45, 2.75) is 57.8 Å². The lowest BCUT2D eigenvalue weighted by Gasteiger charge is -2.37. The molecule has 0 saturated heterocycles. The van der Waals surface area contributed by atoms with Crippen LogP contribution in [0.3, 0.4) is 0 Å². The normalized spacial score (nSPS) is 15.7. The average Bonchev–Trinajstić information content (AvgIpc) is 2.89. The maximum atomic E-state index is 13.3. The van der Waals surface area contributed by atoms with Gasteiger partial charge in [-0.15, -0.1) is 0 Å². The molecule has 3 aromatic carbocycles. The molecule has 0 aromatic heterocycles. The van der Waals surface area contributed by atoms with Gasteiger partial charge in [0.05, 0.1) is 19.8 Å². The molecule has 0 heterocycles. The van der Waals surface area contributed by atoms with E-state index in [4.69, 9.17) is 21.1 Å². The number of carboxylic acid groups (broad SMARTS) is 1. The molecule has 0 fully saturated rings. The number of rotatable bonds is 7. The number of aryl methyl sites for hydroxylation is 1. The van der Waals surface area contributed by atoms with E-state index in [1.54, 1.807) is 41.3 Å². The van der Waals surface area contributed by atoms with Crippen molar-refractivity contribution >= 4 is 23.7 Å². The molecule has 206 valence electrons. The smallest absolute Gasteiger partial charge is 0.410 e. The highest BCUT2D eigenvalue weighted by Crippen LogP contribution is 2.33. The van der Waals surface area contributed by atoms with Crippen LogP contribution in [-0.2, 0) is 17.6 Å². The fraction of sp³-hybridized carbons (Fsp3) is 0.355. The van der Waals surface area contributed by atoms with Crippen LogP contribution in [0.5, 0.6) is 5.75 Å². The van der Waals surface area contributed by atoms with E-state index >= 15 is 0 Å². The van der Waals surface area contributed by atoms with Crippen molar-refractivity contribution in [1.29, 1.82) is 0 Å². The highest BCUT2D eigenvalue weighted by molar-refractivity contribution is 6.30. The van der Waals surface area contributed by atoms with Crippen LogP contribution in [0.1, 0.15) is 60.3 Å². The Morgan fingerprint density at radius 1 is 1.03 bits per heavy atom. The highest BCUT2D eigenvalue weighted by Gasteiger charge is 2.33. The molecular formula is C31H34ClNO6. The SMILES string of the molecule is COc1ccc(-c2ccc3c(c2)C[C@@H](N(C[C@@H](O)c2ccc(Cl)cc2)C(=O)OC(C)(C)C)CC3)cc1C(=O)O. The number of hydrogen-bond acceptors (Lipinski definition) is 5. The Hall–Kier alpha value is -3.55. The number of aromatic carboxylic acids is 1. The van der Waals surface area contributed by atoms with Crippen LogP contribution in [0, 0.1) is 0 Å². The Morgan fingerprint density at radius 2 is 1.69 bits per heavy atom. The Kier molecular flexibility index (Phi) is 8.52. The fourth-order valence-electron chi connectivity index (χ4n) is 4.91. The van der Waals surface area contributed by atoms with Gasteiger partial charge in [0, 0.05) is 11.1 Å². The van der Waals surface area contributed by atoms with E-state index in [2.05, 4.69) is 12.1 Å². The van der Waals surface area contributed by atoms with Gasteiger partial charge in [0.15, 0.2) is 0 Å². The van der Waals surface area contributed by atoms with Crippen LogP contribution in [0.4, 0.5) is 4.79 Å². The van der Waals surface area contributed by atoms with Crippen molar-refractivity contribution in [3.8, 4) is 16.9 Å². The van der Waals surface area contributed by atoms with Crippen molar-refractivity contribution in [1.82, 2.24) is 4.90 Å². The van der Waals surface area contributed by atoms with Crippen LogP contribution in [0.15, 0.2) is 60.7 Å². The number of methoxy groups -OCH3 is 1. The van der Waals surface area contributed by atoms with Gasteiger partial charge in [0.25, 0.3) is 0 Å². The Balaban J connectivity index is 1.62. The van der Waals surface area contributed by atoms with E-state index in [1.807, 2.05) is 32.9 Å². The number of nitrogens with zero attached hydrogens (tertiary/aromatic N) is 1. The molecule has 0 unspecified atom stereocenters. The molecule has 2 atom stereocenters. The molecule has 0 radical (unpaired) electrons. The summed E-state index contributed by atoms with van der Waals surface area (Å²) < 4.78 is 10.9. The van der Waals surface area contributed by atoms with Gasteiger partial charge >= 0.3 is 12.1 Å². The first-order valence-electron chi connectivity index (χ1n) is 12.9. The second kappa shape index (κ2) is 11.7. The minimum absolute atomic E-state index is 0.0800. The number of carbonyl (C=O) groups is 2. The average molecular weight is 552 g/mol. The molecule has 8 heteroatoms. The summed E-state index contributed by atoms with van der Waals surface area (Å²) in [7, 11) is 1.45. The van der Waals surface area contributed by atoms with E-state index < -0.39 is 23.8 Å². The van der Waals surface area contributed by atoms with Gasteiger partial charge in [-0.05, 0) is 92.1 Å². The summed E-state index contributed by atoms with van der Waals surface area (Å²) in [5, 5.41) is 21.2. The second-order valence-electron chi connectivity index (χ2n) is 10.8. The van der Waals surface area contributed by atoms with E-state index in [1.165, 1.54) is 12.7 Å². The van der Waals surface area contributed by atoms with Crippen molar-refractivity contribution < 1.29 is 29.3 Å². The predicted molar refractivity (Wildman–Crippen MR) is 151 cm³/mol. The van der Waals surface area contributed by atoms with Crippen molar-refractivity contribution in [3.05, 3.63) is 87.9 Å². The number of amides is 1. The second-order valence-corrected chi connectivity index (χ2v) is 11.2. The number of benzene rings is 3. The monoisotopic (exact) mass is 551 g/mol. The van der Waals surface area contributed by atoms with Crippen molar-refractivity contribution in [2.75, 3.05) is 13.7 Å². The molecular weight excluding hydrogens is 518 g/mol. The molecule has 0 saturated carbocycles. The Morgan fingerprint density at radius 3 is 2.33 bits per heavy atom. The summed E-state index contributed by atoms with van der Waals surface area (Å²) in [6.07, 6.45) is 0.694. The minimum atomic E-state index is -1.06. The molecule has 39 heavy (non-hydrogen) atoms. The number of hydrogen-bond donors (Lipinski definition) is 2. The fourth-order valence-corrected chi connectivity index (χ4v) is 5.03. The van der Waals surface area contributed by atoms with E-state index in [0.29, 0.717) is 22.8 Å². The quantitative estimate of drug-likeness (QED) is 0.346. The molecule has 1 aliphatic rings. The lowest BCUT2D eigenvalue weighted by atomic mass is 9.85. The van der Waals surface area contributed by atoms with Crippen LogP contribution in [-0.4, -0.2) is 52.5 Å². The number of fused-ring (bicyclic) bond motifs is 1. The number of aliphatic hydroxyl groups is 1. The zero-order valence-electron chi connectivity index (χ0n) is 22.6. The number of carboxylic acids is 1. The van der Waals surface area contributed by atoms with Crippen LogP contribution in [0.25, 0.3) is 11.1 Å². The van der Waals surface area contributed by atoms with Gasteiger partial charge < -0.3 is 24.6 Å². The van der Waals surface area contributed by atoms with Crippen LogP contribution >= 0.6 is 11.6 Å². The third kappa shape index (κ3) is 6.91. The summed E-state index contributed by atoms with van der Waals surface area (Å²) in [5.74, 6) is -0.754. The molecule has 0 spiro atoms. The third-order valence-electron chi connectivity index (χ3n) is 6.87. The Bertz CT molecular complexity index is 1350. The van der Waals surface area contributed by atoms with E-state index in [-0.39, 0.29) is 18.2 Å². The summed E-state index contributed by atoms with van der Waals surface area (Å²) in [6, 6.07) is 18.0. The molecule has 0 bridgehead atoms. The summed E-state index contributed by atoms with van der Waals surface area (Å²) in [6.45, 7) is 5.54. The largest absolute Gasteiger partial charge is 0.496 e.